The highest BCUT2D eigenvalue weighted by Crippen LogP contribution is 2.43. The van der Waals surface area contributed by atoms with E-state index in [1.807, 2.05) is 51.2 Å². The summed E-state index contributed by atoms with van der Waals surface area (Å²) in [7, 11) is 0. The molecule has 1 fully saturated rings. The number of pyridine rings is 1. The number of carbonyl (C=O) groups is 1. The smallest absolute Gasteiger partial charge is 0.273 e. The van der Waals surface area contributed by atoms with Gasteiger partial charge in [0.05, 0.1) is 0 Å². The van der Waals surface area contributed by atoms with E-state index >= 15 is 0 Å². The van der Waals surface area contributed by atoms with Crippen molar-refractivity contribution in [1.82, 2.24) is 14.5 Å². The Kier molecular flexibility index (Phi) is 5.03. The van der Waals surface area contributed by atoms with Crippen LogP contribution in [0.5, 0.6) is 0 Å². The number of rotatable bonds is 4. The molecule has 0 unspecified atom stereocenters. The second-order valence-electron chi connectivity index (χ2n) is 8.32. The number of hydrogen-bond acceptors (Lipinski definition) is 4. The largest absolute Gasteiger partial charge is 0.336 e. The highest BCUT2D eigenvalue weighted by molar-refractivity contribution is 7.13. The number of benzene rings is 1. The number of thiazole rings is 1. The zero-order valence-electron chi connectivity index (χ0n) is 17.0. The lowest BCUT2D eigenvalue weighted by atomic mass is 9.77. The van der Waals surface area contributed by atoms with Gasteiger partial charge in [-0.25, -0.2) is 4.98 Å². The third-order valence-electron chi connectivity index (χ3n) is 6.41. The van der Waals surface area contributed by atoms with Crippen molar-refractivity contribution in [3.8, 4) is 10.6 Å². The normalized spacial score (nSPS) is 22.6. The maximum atomic E-state index is 13.3. The Labute approximate surface area is 180 Å². The van der Waals surface area contributed by atoms with Gasteiger partial charge in [0.2, 0.25) is 0 Å². The van der Waals surface area contributed by atoms with Crippen molar-refractivity contribution in [3.05, 3.63) is 75.7 Å². The topological polar surface area (TPSA) is 55.2 Å². The Hall–Kier alpha value is -2.73. The van der Waals surface area contributed by atoms with Gasteiger partial charge in [-0.15, -0.1) is 11.3 Å². The predicted molar refractivity (Wildman–Crippen MR) is 119 cm³/mol. The van der Waals surface area contributed by atoms with Gasteiger partial charge < -0.3 is 9.47 Å². The van der Waals surface area contributed by atoms with Crippen LogP contribution in [-0.4, -0.2) is 33.4 Å². The van der Waals surface area contributed by atoms with Crippen LogP contribution in [0.25, 0.3) is 10.6 Å². The zero-order chi connectivity index (χ0) is 20.7. The average molecular weight is 420 g/mol. The SMILES string of the molecule is CCC[C@H]1[C@H]2C[C@H](CN(C(=O)c3csc(-c4ccccc4)n3)C2)c2cccc(=O)n21. The van der Waals surface area contributed by atoms with Gasteiger partial charge >= 0.3 is 0 Å². The molecule has 0 radical (unpaired) electrons. The summed E-state index contributed by atoms with van der Waals surface area (Å²) in [6.07, 6.45) is 3.03. The molecule has 2 aliphatic heterocycles. The van der Waals surface area contributed by atoms with Gasteiger partial charge in [0.25, 0.3) is 11.5 Å². The quantitative estimate of drug-likeness (QED) is 0.622. The lowest BCUT2D eigenvalue weighted by molar-refractivity contribution is 0.0514. The number of carbonyl (C=O) groups excluding carboxylic acids is 1. The third-order valence-corrected chi connectivity index (χ3v) is 7.31. The fraction of sp³-hybridized carbons (Fsp3) is 0.375. The molecule has 30 heavy (non-hydrogen) atoms. The molecule has 3 aromatic rings. The van der Waals surface area contributed by atoms with E-state index in [0.29, 0.717) is 24.7 Å². The minimum absolute atomic E-state index is 0.00473. The first-order chi connectivity index (χ1) is 14.7. The Morgan fingerprint density at radius 1 is 1.13 bits per heavy atom. The van der Waals surface area contributed by atoms with E-state index in [-0.39, 0.29) is 23.4 Å². The van der Waals surface area contributed by atoms with Crippen molar-refractivity contribution in [2.45, 2.75) is 38.1 Å². The second-order valence-corrected chi connectivity index (χ2v) is 9.18. The van der Waals surface area contributed by atoms with Crippen molar-refractivity contribution in [2.75, 3.05) is 13.1 Å². The highest BCUT2D eigenvalue weighted by atomic mass is 32.1. The number of amides is 1. The molecule has 2 bridgehead atoms. The number of piperidine rings is 1. The number of likely N-dealkylation sites (tertiary alicyclic amines) is 1. The maximum Gasteiger partial charge on any atom is 0.273 e. The minimum atomic E-state index is 0.00473. The van der Waals surface area contributed by atoms with Crippen molar-refractivity contribution < 1.29 is 4.79 Å². The Balaban J connectivity index is 1.44. The highest BCUT2D eigenvalue weighted by Gasteiger charge is 2.41. The monoisotopic (exact) mass is 419 g/mol. The molecule has 4 heterocycles. The van der Waals surface area contributed by atoms with E-state index in [1.54, 1.807) is 6.07 Å². The van der Waals surface area contributed by atoms with Gasteiger partial charge in [0.1, 0.15) is 10.7 Å². The molecule has 1 saturated heterocycles. The first-order valence-electron chi connectivity index (χ1n) is 10.7. The average Bonchev–Trinajstić information content (AvgIpc) is 3.27. The van der Waals surface area contributed by atoms with Crippen LogP contribution in [0.2, 0.25) is 0 Å². The van der Waals surface area contributed by atoms with E-state index < -0.39 is 0 Å². The lowest BCUT2D eigenvalue weighted by Gasteiger charge is -2.47. The fourth-order valence-corrected chi connectivity index (χ4v) is 5.92. The van der Waals surface area contributed by atoms with Crippen LogP contribution in [0.4, 0.5) is 0 Å². The number of nitrogens with zero attached hydrogens (tertiary/aromatic N) is 3. The maximum absolute atomic E-state index is 13.3. The number of hydrogen-bond donors (Lipinski definition) is 0. The molecule has 1 aromatic carbocycles. The molecule has 1 amide bonds. The molecule has 5 rings (SSSR count). The summed E-state index contributed by atoms with van der Waals surface area (Å²) < 4.78 is 2.01. The lowest BCUT2D eigenvalue weighted by Crippen LogP contribution is -2.51. The Morgan fingerprint density at radius 2 is 1.97 bits per heavy atom. The summed E-state index contributed by atoms with van der Waals surface area (Å²) in [5.41, 5.74) is 2.73. The summed E-state index contributed by atoms with van der Waals surface area (Å²) in [5.74, 6) is 0.527. The fourth-order valence-electron chi connectivity index (χ4n) is 5.12. The number of aromatic nitrogens is 2. The van der Waals surface area contributed by atoms with E-state index in [0.717, 1.165) is 35.5 Å². The van der Waals surface area contributed by atoms with Gasteiger partial charge in [0, 0.05) is 47.8 Å². The molecule has 2 aromatic heterocycles. The van der Waals surface area contributed by atoms with Crippen LogP contribution >= 0.6 is 11.3 Å². The number of fused-ring (bicyclic) bond motifs is 4. The van der Waals surface area contributed by atoms with E-state index in [1.165, 1.54) is 11.3 Å². The standard InChI is InChI=1S/C24H25N3O2S/c1-2-7-20-17-12-18(21-10-6-11-22(28)27(20)21)14-26(13-17)24(29)19-15-30-23(25-19)16-8-4-3-5-9-16/h3-6,8-11,15,17-18,20H,2,7,12-14H2,1H3/t17-,18+,20-/m0/s1. The molecular formula is C24H25N3O2S. The molecule has 154 valence electrons. The molecule has 0 N–H and O–H groups in total. The summed E-state index contributed by atoms with van der Waals surface area (Å²) in [6, 6.07) is 15.7. The van der Waals surface area contributed by atoms with Crippen molar-refractivity contribution in [1.29, 1.82) is 0 Å². The minimum Gasteiger partial charge on any atom is -0.336 e. The summed E-state index contributed by atoms with van der Waals surface area (Å²) in [5, 5.41) is 2.74. The van der Waals surface area contributed by atoms with Crippen LogP contribution in [-0.2, 0) is 0 Å². The molecule has 0 spiro atoms. The molecule has 2 aliphatic rings. The second kappa shape index (κ2) is 7.84. The van der Waals surface area contributed by atoms with Crippen LogP contribution in [0.15, 0.2) is 58.7 Å². The molecule has 0 aliphatic carbocycles. The van der Waals surface area contributed by atoms with E-state index in [2.05, 4.69) is 18.0 Å². The van der Waals surface area contributed by atoms with Gasteiger partial charge in [-0.05, 0) is 24.8 Å². The molecular weight excluding hydrogens is 394 g/mol. The van der Waals surface area contributed by atoms with Crippen LogP contribution < -0.4 is 5.56 Å². The third kappa shape index (κ3) is 3.29. The molecule has 6 heteroatoms. The van der Waals surface area contributed by atoms with Gasteiger partial charge in [0.15, 0.2) is 0 Å². The summed E-state index contributed by atoms with van der Waals surface area (Å²) >= 11 is 1.51. The Bertz CT molecular complexity index is 1120. The van der Waals surface area contributed by atoms with Gasteiger partial charge in [-0.1, -0.05) is 49.7 Å². The predicted octanol–water partition coefficient (Wildman–Crippen LogP) is 4.57. The van der Waals surface area contributed by atoms with Crippen molar-refractivity contribution in [2.24, 2.45) is 5.92 Å². The summed E-state index contributed by atoms with van der Waals surface area (Å²) in [4.78, 5) is 32.5. The van der Waals surface area contributed by atoms with Crippen LogP contribution in [0.1, 0.15) is 54.3 Å². The zero-order valence-corrected chi connectivity index (χ0v) is 17.8. The first-order valence-corrected chi connectivity index (χ1v) is 11.6. The summed E-state index contributed by atoms with van der Waals surface area (Å²) in [6.45, 7) is 3.50. The Morgan fingerprint density at radius 3 is 2.77 bits per heavy atom. The van der Waals surface area contributed by atoms with Gasteiger partial charge in [-0.2, -0.15) is 0 Å². The molecule has 0 saturated carbocycles. The molecule has 5 nitrogen and oxygen atoms in total. The van der Waals surface area contributed by atoms with Crippen LogP contribution in [0, 0.1) is 5.92 Å². The van der Waals surface area contributed by atoms with Gasteiger partial charge in [-0.3, -0.25) is 9.59 Å². The van der Waals surface area contributed by atoms with Crippen molar-refractivity contribution >= 4 is 17.2 Å². The van der Waals surface area contributed by atoms with Crippen LogP contribution in [0.3, 0.4) is 0 Å². The van der Waals surface area contributed by atoms with E-state index in [4.69, 9.17) is 0 Å². The first kappa shape index (κ1) is 19.2. The van der Waals surface area contributed by atoms with E-state index in [9.17, 15) is 9.59 Å². The molecule has 3 atom stereocenters. The van der Waals surface area contributed by atoms with Crippen molar-refractivity contribution in [3.63, 3.8) is 0 Å².